The second kappa shape index (κ2) is 3.83. The van der Waals surface area contributed by atoms with Crippen LogP contribution in [0.5, 0.6) is 0 Å². The minimum atomic E-state index is -0.784. The van der Waals surface area contributed by atoms with Gasteiger partial charge in [0.1, 0.15) is 0 Å². The third-order valence-electron chi connectivity index (χ3n) is 2.86. The second-order valence-corrected chi connectivity index (χ2v) is 5.58. The van der Waals surface area contributed by atoms with Crippen LogP contribution in [-0.4, -0.2) is 15.2 Å². The van der Waals surface area contributed by atoms with E-state index >= 15 is 0 Å². The van der Waals surface area contributed by atoms with E-state index in [0.29, 0.717) is 5.75 Å². The molecule has 0 fully saturated rings. The summed E-state index contributed by atoms with van der Waals surface area (Å²) in [6.45, 7) is 1.95. The summed E-state index contributed by atoms with van der Waals surface area (Å²) in [5.74, 6) is 0.701. The predicted octanol–water partition coefficient (Wildman–Crippen LogP) is 1.38. The summed E-state index contributed by atoms with van der Waals surface area (Å²) < 4.78 is 11.7. The molecule has 3 unspecified atom stereocenters. The molecular formula is C11H15NOS. The molecule has 0 aliphatic heterocycles. The summed E-state index contributed by atoms with van der Waals surface area (Å²) in [5.41, 5.74) is 8.52. The third-order valence-corrected chi connectivity index (χ3v) is 4.56. The SMILES string of the molecule is CCS(=O)C1Cc2ccccc2C1N. The Bertz CT molecular complexity index is 364. The molecule has 2 rings (SSSR count). The van der Waals surface area contributed by atoms with Gasteiger partial charge in [-0.1, -0.05) is 31.2 Å². The number of hydrogen-bond donors (Lipinski definition) is 1. The fourth-order valence-corrected chi connectivity index (χ4v) is 3.33. The fraction of sp³-hybridized carbons (Fsp3) is 0.455. The molecule has 0 bridgehead atoms. The monoisotopic (exact) mass is 209 g/mol. The first-order chi connectivity index (χ1) is 6.74. The minimum Gasteiger partial charge on any atom is -0.323 e. The Morgan fingerprint density at radius 1 is 1.50 bits per heavy atom. The van der Waals surface area contributed by atoms with E-state index < -0.39 is 10.8 Å². The zero-order valence-electron chi connectivity index (χ0n) is 8.27. The van der Waals surface area contributed by atoms with Crippen molar-refractivity contribution in [2.75, 3.05) is 5.75 Å². The highest BCUT2D eigenvalue weighted by atomic mass is 32.2. The van der Waals surface area contributed by atoms with E-state index in [-0.39, 0.29) is 11.3 Å². The zero-order chi connectivity index (χ0) is 10.1. The number of fused-ring (bicyclic) bond motifs is 1. The van der Waals surface area contributed by atoms with Gasteiger partial charge in [0, 0.05) is 22.6 Å². The minimum absolute atomic E-state index is 0.0352. The average Bonchev–Trinajstić information content (AvgIpc) is 2.56. The van der Waals surface area contributed by atoms with E-state index in [4.69, 9.17) is 5.73 Å². The van der Waals surface area contributed by atoms with Gasteiger partial charge in [-0.15, -0.1) is 0 Å². The van der Waals surface area contributed by atoms with Gasteiger partial charge in [0.25, 0.3) is 0 Å². The Kier molecular flexibility index (Phi) is 2.70. The highest BCUT2D eigenvalue weighted by molar-refractivity contribution is 7.85. The molecule has 1 aromatic rings. The van der Waals surface area contributed by atoms with Crippen molar-refractivity contribution in [3.05, 3.63) is 35.4 Å². The van der Waals surface area contributed by atoms with Crippen LogP contribution in [0.15, 0.2) is 24.3 Å². The first kappa shape index (κ1) is 9.87. The molecule has 14 heavy (non-hydrogen) atoms. The maximum atomic E-state index is 11.7. The molecule has 0 spiro atoms. The van der Waals surface area contributed by atoms with E-state index in [2.05, 4.69) is 6.07 Å². The van der Waals surface area contributed by atoms with Crippen molar-refractivity contribution in [2.24, 2.45) is 5.73 Å². The highest BCUT2D eigenvalue weighted by Crippen LogP contribution is 2.32. The maximum Gasteiger partial charge on any atom is 0.0581 e. The molecule has 0 saturated carbocycles. The van der Waals surface area contributed by atoms with E-state index in [1.54, 1.807) is 0 Å². The molecule has 0 radical (unpaired) electrons. The summed E-state index contributed by atoms with van der Waals surface area (Å²) in [7, 11) is -0.784. The van der Waals surface area contributed by atoms with Gasteiger partial charge in [0.15, 0.2) is 0 Å². The largest absolute Gasteiger partial charge is 0.323 e. The lowest BCUT2D eigenvalue weighted by molar-refractivity contribution is 0.647. The van der Waals surface area contributed by atoms with Crippen LogP contribution in [0, 0.1) is 0 Å². The zero-order valence-corrected chi connectivity index (χ0v) is 9.09. The Hall–Kier alpha value is -0.670. The standard InChI is InChI=1S/C11H15NOS/c1-2-14(13)10-7-8-5-3-4-6-9(8)11(10)12/h3-6,10-11H,2,7,12H2,1H3. The predicted molar refractivity (Wildman–Crippen MR) is 59.5 cm³/mol. The summed E-state index contributed by atoms with van der Waals surface area (Å²) in [4.78, 5) is 0. The van der Waals surface area contributed by atoms with Crippen molar-refractivity contribution in [3.63, 3.8) is 0 Å². The first-order valence-electron chi connectivity index (χ1n) is 4.94. The average molecular weight is 209 g/mol. The van der Waals surface area contributed by atoms with Gasteiger partial charge in [-0.3, -0.25) is 4.21 Å². The molecule has 1 aliphatic carbocycles. The number of rotatable bonds is 2. The van der Waals surface area contributed by atoms with Gasteiger partial charge in [-0.2, -0.15) is 0 Å². The lowest BCUT2D eigenvalue weighted by Gasteiger charge is -2.14. The quantitative estimate of drug-likeness (QED) is 0.799. The number of nitrogens with two attached hydrogens (primary N) is 1. The molecule has 0 saturated heterocycles. The molecule has 2 N–H and O–H groups in total. The van der Waals surface area contributed by atoms with Crippen molar-refractivity contribution in [2.45, 2.75) is 24.6 Å². The summed E-state index contributed by atoms with van der Waals surface area (Å²) in [5, 5.41) is 0.123. The molecule has 2 nitrogen and oxygen atoms in total. The van der Waals surface area contributed by atoms with Crippen molar-refractivity contribution in [1.29, 1.82) is 0 Å². The van der Waals surface area contributed by atoms with Crippen molar-refractivity contribution >= 4 is 10.8 Å². The van der Waals surface area contributed by atoms with Crippen LogP contribution >= 0.6 is 0 Å². The van der Waals surface area contributed by atoms with Gasteiger partial charge >= 0.3 is 0 Å². The fourth-order valence-electron chi connectivity index (χ4n) is 2.06. The summed E-state index contributed by atoms with van der Waals surface area (Å²) in [6, 6.07) is 8.11. The van der Waals surface area contributed by atoms with Crippen LogP contribution in [-0.2, 0) is 17.2 Å². The Morgan fingerprint density at radius 3 is 2.86 bits per heavy atom. The normalized spacial score (nSPS) is 27.3. The van der Waals surface area contributed by atoms with Crippen LogP contribution in [0.4, 0.5) is 0 Å². The lowest BCUT2D eigenvalue weighted by Crippen LogP contribution is -2.27. The Balaban J connectivity index is 2.30. The number of hydrogen-bond acceptors (Lipinski definition) is 2. The van der Waals surface area contributed by atoms with Gasteiger partial charge in [0.2, 0.25) is 0 Å². The molecule has 76 valence electrons. The highest BCUT2D eigenvalue weighted by Gasteiger charge is 2.32. The molecule has 3 atom stereocenters. The molecule has 0 heterocycles. The van der Waals surface area contributed by atoms with Gasteiger partial charge in [0.05, 0.1) is 5.25 Å². The third kappa shape index (κ3) is 1.51. The molecule has 1 aromatic carbocycles. The van der Waals surface area contributed by atoms with Crippen molar-refractivity contribution in [1.82, 2.24) is 0 Å². The van der Waals surface area contributed by atoms with Gasteiger partial charge in [-0.05, 0) is 17.5 Å². The van der Waals surface area contributed by atoms with E-state index in [9.17, 15) is 4.21 Å². The molecule has 3 heteroatoms. The lowest BCUT2D eigenvalue weighted by atomic mass is 10.1. The smallest absolute Gasteiger partial charge is 0.0581 e. The Morgan fingerprint density at radius 2 is 2.21 bits per heavy atom. The van der Waals surface area contributed by atoms with Crippen LogP contribution in [0.2, 0.25) is 0 Å². The van der Waals surface area contributed by atoms with Crippen LogP contribution in [0.1, 0.15) is 24.1 Å². The van der Waals surface area contributed by atoms with Gasteiger partial charge in [-0.25, -0.2) is 0 Å². The van der Waals surface area contributed by atoms with E-state index in [1.165, 1.54) is 11.1 Å². The molecule has 1 aliphatic rings. The van der Waals surface area contributed by atoms with Crippen molar-refractivity contribution in [3.8, 4) is 0 Å². The van der Waals surface area contributed by atoms with E-state index in [0.717, 1.165) is 6.42 Å². The Labute approximate surface area is 87.0 Å². The molecular weight excluding hydrogens is 194 g/mol. The van der Waals surface area contributed by atoms with Crippen LogP contribution in [0.3, 0.4) is 0 Å². The maximum absolute atomic E-state index is 11.7. The first-order valence-corrected chi connectivity index (χ1v) is 6.32. The summed E-state index contributed by atoms with van der Waals surface area (Å²) in [6.07, 6.45) is 0.873. The molecule has 0 amide bonds. The topological polar surface area (TPSA) is 43.1 Å². The van der Waals surface area contributed by atoms with Crippen molar-refractivity contribution < 1.29 is 4.21 Å². The molecule has 0 aromatic heterocycles. The number of benzene rings is 1. The second-order valence-electron chi connectivity index (χ2n) is 3.64. The van der Waals surface area contributed by atoms with Gasteiger partial charge < -0.3 is 5.73 Å². The van der Waals surface area contributed by atoms with E-state index in [1.807, 2.05) is 25.1 Å². The van der Waals surface area contributed by atoms with Crippen LogP contribution in [0.25, 0.3) is 0 Å². The summed E-state index contributed by atoms with van der Waals surface area (Å²) >= 11 is 0. The van der Waals surface area contributed by atoms with Crippen LogP contribution < -0.4 is 5.73 Å².